The van der Waals surface area contributed by atoms with Gasteiger partial charge in [-0.05, 0) is 24.4 Å². The van der Waals surface area contributed by atoms with Crippen LogP contribution in [0, 0.1) is 0 Å². The van der Waals surface area contributed by atoms with Gasteiger partial charge in [0.05, 0.1) is 18.3 Å². The van der Waals surface area contributed by atoms with Gasteiger partial charge >= 0.3 is 0 Å². The van der Waals surface area contributed by atoms with E-state index in [-0.39, 0.29) is 24.6 Å². The Morgan fingerprint density at radius 3 is 2.93 bits per heavy atom. The van der Waals surface area contributed by atoms with Crippen molar-refractivity contribution in [1.29, 1.82) is 0 Å². The summed E-state index contributed by atoms with van der Waals surface area (Å²) in [5.74, 6) is 0.210. The molecule has 0 spiro atoms. The maximum absolute atomic E-state index is 13.0. The molecule has 0 aliphatic carbocycles. The number of rotatable bonds is 7. The monoisotopic (exact) mass is 426 g/mol. The number of carbonyl (C=O) groups excluding carboxylic acids is 1. The number of nitrogens with one attached hydrogen (secondary N) is 1. The standard InChI is InChI=1S/C20H18N4O3S2/c1-2-27-18-13(5-3-7-21-18)9-22-16(25)10-24-12-23-19-17(20(24)26)14(11-29-19)15-6-4-8-28-15/h3-8,11-12H,2,9-10H2,1H3,(H,22,25). The average Bonchev–Trinajstić information content (AvgIpc) is 3.39. The Labute approximate surface area is 174 Å². The van der Waals surface area contributed by atoms with E-state index in [1.165, 1.54) is 22.2 Å². The summed E-state index contributed by atoms with van der Waals surface area (Å²) in [6.45, 7) is 2.53. The lowest BCUT2D eigenvalue weighted by Gasteiger charge is -2.10. The van der Waals surface area contributed by atoms with Gasteiger partial charge in [-0.15, -0.1) is 22.7 Å². The number of ether oxygens (including phenoxy) is 1. The van der Waals surface area contributed by atoms with Gasteiger partial charge in [-0.3, -0.25) is 14.2 Å². The maximum atomic E-state index is 13.0. The largest absolute Gasteiger partial charge is 0.478 e. The van der Waals surface area contributed by atoms with Crippen LogP contribution in [0.1, 0.15) is 12.5 Å². The molecular formula is C20H18N4O3S2. The SMILES string of the molecule is CCOc1ncccc1CNC(=O)Cn1cnc2scc(-c3cccs3)c2c1=O. The summed E-state index contributed by atoms with van der Waals surface area (Å²) in [4.78, 5) is 35.6. The fourth-order valence-corrected chi connectivity index (χ4v) is 4.64. The van der Waals surface area contributed by atoms with Gasteiger partial charge in [-0.2, -0.15) is 0 Å². The Bertz CT molecular complexity index is 1200. The number of aromatic nitrogens is 3. The zero-order valence-corrected chi connectivity index (χ0v) is 17.3. The van der Waals surface area contributed by atoms with Crippen molar-refractivity contribution < 1.29 is 9.53 Å². The molecule has 0 saturated heterocycles. The van der Waals surface area contributed by atoms with Crippen LogP contribution in [0.4, 0.5) is 0 Å². The lowest BCUT2D eigenvalue weighted by molar-refractivity contribution is -0.121. The molecule has 0 saturated carbocycles. The van der Waals surface area contributed by atoms with Gasteiger partial charge in [0, 0.05) is 34.1 Å². The molecule has 0 bridgehead atoms. The Morgan fingerprint density at radius 2 is 2.14 bits per heavy atom. The molecule has 29 heavy (non-hydrogen) atoms. The summed E-state index contributed by atoms with van der Waals surface area (Å²) in [5.41, 5.74) is 1.43. The molecule has 0 aromatic carbocycles. The minimum Gasteiger partial charge on any atom is -0.478 e. The van der Waals surface area contributed by atoms with Gasteiger partial charge in [0.2, 0.25) is 11.8 Å². The first-order chi connectivity index (χ1) is 14.2. The van der Waals surface area contributed by atoms with Gasteiger partial charge in [0.1, 0.15) is 11.4 Å². The number of nitrogens with zero attached hydrogens (tertiary/aromatic N) is 3. The summed E-state index contributed by atoms with van der Waals surface area (Å²) in [5, 5.41) is 7.28. The number of hydrogen-bond donors (Lipinski definition) is 1. The van der Waals surface area contributed by atoms with E-state index < -0.39 is 0 Å². The molecule has 0 fully saturated rings. The van der Waals surface area contributed by atoms with Crippen LogP contribution in [-0.4, -0.2) is 27.0 Å². The van der Waals surface area contributed by atoms with Crippen LogP contribution in [0.5, 0.6) is 5.88 Å². The fraction of sp³-hybridized carbons (Fsp3) is 0.200. The van der Waals surface area contributed by atoms with Crippen LogP contribution in [0.25, 0.3) is 20.7 Å². The van der Waals surface area contributed by atoms with Crippen molar-refractivity contribution in [3.8, 4) is 16.3 Å². The first-order valence-electron chi connectivity index (χ1n) is 9.01. The van der Waals surface area contributed by atoms with Crippen molar-refractivity contribution in [3.05, 3.63) is 63.5 Å². The maximum Gasteiger partial charge on any atom is 0.263 e. The number of pyridine rings is 1. The molecule has 1 N–H and O–H groups in total. The van der Waals surface area contributed by atoms with E-state index in [9.17, 15) is 9.59 Å². The average molecular weight is 427 g/mol. The summed E-state index contributed by atoms with van der Waals surface area (Å²) < 4.78 is 6.81. The molecule has 9 heteroatoms. The van der Waals surface area contributed by atoms with Crippen molar-refractivity contribution in [2.24, 2.45) is 0 Å². The van der Waals surface area contributed by atoms with Crippen molar-refractivity contribution >= 4 is 38.8 Å². The first-order valence-corrected chi connectivity index (χ1v) is 10.8. The minimum atomic E-state index is -0.285. The number of hydrogen-bond acceptors (Lipinski definition) is 7. The normalized spacial score (nSPS) is 10.9. The topological polar surface area (TPSA) is 86.1 Å². The quantitative estimate of drug-likeness (QED) is 0.490. The van der Waals surface area contributed by atoms with E-state index in [0.717, 1.165) is 16.0 Å². The Kier molecular flexibility index (Phi) is 5.68. The predicted octanol–water partition coefficient (Wildman–Crippen LogP) is 3.30. The van der Waals surface area contributed by atoms with Crippen LogP contribution < -0.4 is 15.6 Å². The molecule has 0 aliphatic rings. The van der Waals surface area contributed by atoms with Crippen LogP contribution in [0.2, 0.25) is 0 Å². The number of carbonyl (C=O) groups is 1. The van der Waals surface area contributed by atoms with Crippen molar-refractivity contribution in [1.82, 2.24) is 19.9 Å². The smallest absolute Gasteiger partial charge is 0.263 e. The van der Waals surface area contributed by atoms with Gasteiger partial charge in [0.15, 0.2) is 0 Å². The zero-order chi connectivity index (χ0) is 20.2. The highest BCUT2D eigenvalue weighted by Crippen LogP contribution is 2.33. The molecule has 7 nitrogen and oxygen atoms in total. The number of amides is 1. The molecular weight excluding hydrogens is 408 g/mol. The molecule has 148 valence electrons. The minimum absolute atomic E-state index is 0.105. The van der Waals surface area contributed by atoms with E-state index in [1.54, 1.807) is 23.6 Å². The van der Waals surface area contributed by atoms with Crippen LogP contribution in [0.3, 0.4) is 0 Å². The lowest BCUT2D eigenvalue weighted by Crippen LogP contribution is -2.32. The number of thiophene rings is 2. The second-order valence-electron chi connectivity index (χ2n) is 6.16. The van der Waals surface area contributed by atoms with Crippen LogP contribution >= 0.6 is 22.7 Å². The highest BCUT2D eigenvalue weighted by Gasteiger charge is 2.15. The second kappa shape index (κ2) is 8.54. The summed E-state index contributed by atoms with van der Waals surface area (Å²) >= 11 is 3.00. The van der Waals surface area contributed by atoms with E-state index in [2.05, 4.69) is 15.3 Å². The van der Waals surface area contributed by atoms with Crippen LogP contribution in [-0.2, 0) is 17.9 Å². The molecule has 1 amide bonds. The molecule has 4 aromatic rings. The van der Waals surface area contributed by atoms with Crippen molar-refractivity contribution in [2.75, 3.05) is 6.61 Å². The van der Waals surface area contributed by atoms with E-state index >= 15 is 0 Å². The van der Waals surface area contributed by atoms with E-state index in [1.807, 2.05) is 35.9 Å². The number of fused-ring (bicyclic) bond motifs is 1. The zero-order valence-electron chi connectivity index (χ0n) is 15.6. The molecule has 0 radical (unpaired) electrons. The van der Waals surface area contributed by atoms with Gasteiger partial charge in [0.25, 0.3) is 5.56 Å². The fourth-order valence-electron chi connectivity index (χ4n) is 2.92. The molecule has 0 aliphatic heterocycles. The van der Waals surface area contributed by atoms with E-state index in [4.69, 9.17) is 4.74 Å². The second-order valence-corrected chi connectivity index (χ2v) is 7.97. The highest BCUT2D eigenvalue weighted by molar-refractivity contribution is 7.18. The van der Waals surface area contributed by atoms with Gasteiger partial charge in [-0.1, -0.05) is 12.1 Å². The Hall–Kier alpha value is -3.04. The third kappa shape index (κ3) is 4.06. The summed E-state index contributed by atoms with van der Waals surface area (Å²) in [6, 6.07) is 7.55. The molecule has 0 unspecified atom stereocenters. The third-order valence-corrected chi connectivity index (χ3v) is 6.06. The van der Waals surface area contributed by atoms with Crippen molar-refractivity contribution in [2.45, 2.75) is 20.0 Å². The molecule has 4 heterocycles. The van der Waals surface area contributed by atoms with Crippen LogP contribution in [0.15, 0.2) is 52.3 Å². The molecule has 4 rings (SSSR count). The van der Waals surface area contributed by atoms with Crippen molar-refractivity contribution in [3.63, 3.8) is 0 Å². The highest BCUT2D eigenvalue weighted by atomic mass is 32.1. The summed E-state index contributed by atoms with van der Waals surface area (Å²) in [7, 11) is 0. The first kappa shape index (κ1) is 19.3. The van der Waals surface area contributed by atoms with Gasteiger partial charge < -0.3 is 10.1 Å². The predicted molar refractivity (Wildman–Crippen MR) is 114 cm³/mol. The molecule has 0 atom stereocenters. The van der Waals surface area contributed by atoms with E-state index in [0.29, 0.717) is 22.7 Å². The lowest BCUT2D eigenvalue weighted by atomic mass is 10.2. The molecule has 4 aromatic heterocycles. The van der Waals surface area contributed by atoms with Gasteiger partial charge in [-0.25, -0.2) is 9.97 Å². The summed E-state index contributed by atoms with van der Waals surface area (Å²) in [6.07, 6.45) is 3.07. The third-order valence-electron chi connectivity index (χ3n) is 4.27. The Morgan fingerprint density at radius 1 is 1.24 bits per heavy atom. The Balaban J connectivity index is 1.52.